The van der Waals surface area contributed by atoms with E-state index in [-0.39, 0.29) is 12.5 Å². The van der Waals surface area contributed by atoms with Gasteiger partial charge >= 0.3 is 5.97 Å². The van der Waals surface area contributed by atoms with E-state index in [0.717, 1.165) is 43.3 Å². The monoisotopic (exact) mass is 372 g/mol. The second-order valence-electron chi connectivity index (χ2n) is 8.67. The number of carboxylic acids is 1. The summed E-state index contributed by atoms with van der Waals surface area (Å²) in [6, 6.07) is 0. The first-order valence-corrected chi connectivity index (χ1v) is 11.1. The number of likely N-dealkylation sites (N-methyl/N-ethyl adjacent to an activating group) is 1. The first-order chi connectivity index (χ1) is 12.4. The molecule has 0 aromatic heterocycles. The number of nitrogens with zero attached hydrogens (tertiary/aromatic N) is 1. The maximum Gasteiger partial charge on any atom is 0.303 e. The van der Waals surface area contributed by atoms with Gasteiger partial charge < -0.3 is 14.7 Å². The summed E-state index contributed by atoms with van der Waals surface area (Å²) in [6.45, 7) is 3.97. The summed E-state index contributed by atoms with van der Waals surface area (Å²) in [5.41, 5.74) is 0. The van der Waals surface area contributed by atoms with Crippen molar-refractivity contribution in [1.29, 1.82) is 0 Å². The number of quaternary nitrogens is 1. The highest BCUT2D eigenvalue weighted by molar-refractivity contribution is 5.66. The van der Waals surface area contributed by atoms with Gasteiger partial charge in [0.05, 0.1) is 20.6 Å². The van der Waals surface area contributed by atoms with Gasteiger partial charge in [0.15, 0.2) is 0 Å². The molecule has 0 radical (unpaired) electrons. The fourth-order valence-corrected chi connectivity index (χ4v) is 3.61. The zero-order chi connectivity index (χ0) is 19.7. The van der Waals surface area contributed by atoms with Gasteiger partial charge in [-0.3, -0.25) is 4.79 Å². The standard InChI is InChI=1S/C22H45NO3/c1-4-5-6-7-8-9-10-11-12-13-14-17-21(24)20-23(2,3)19-16-15-18-22(25)26/h21,24H,4-20H2,1-3H3/p+1. The van der Waals surface area contributed by atoms with E-state index in [0.29, 0.717) is 0 Å². The van der Waals surface area contributed by atoms with Crippen LogP contribution in [0.1, 0.15) is 103 Å². The predicted molar refractivity (Wildman–Crippen MR) is 110 cm³/mol. The lowest BCUT2D eigenvalue weighted by atomic mass is 10.0. The molecule has 1 atom stereocenters. The number of carboxylic acid groups (broad SMARTS) is 1. The molecule has 0 saturated heterocycles. The van der Waals surface area contributed by atoms with Crippen LogP contribution in [-0.2, 0) is 4.79 Å². The maximum absolute atomic E-state index is 10.5. The minimum atomic E-state index is -0.716. The van der Waals surface area contributed by atoms with Crippen molar-refractivity contribution >= 4 is 5.97 Å². The third-order valence-corrected chi connectivity index (χ3v) is 5.25. The molecule has 0 rings (SSSR count). The summed E-state index contributed by atoms with van der Waals surface area (Å²) < 4.78 is 0.777. The molecule has 1 unspecified atom stereocenters. The van der Waals surface area contributed by atoms with Gasteiger partial charge in [-0.25, -0.2) is 0 Å². The molecule has 4 heteroatoms. The van der Waals surface area contributed by atoms with Gasteiger partial charge in [-0.15, -0.1) is 0 Å². The number of aliphatic carboxylic acids is 1. The van der Waals surface area contributed by atoms with E-state index in [1.807, 2.05) is 0 Å². The highest BCUT2D eigenvalue weighted by Crippen LogP contribution is 2.14. The van der Waals surface area contributed by atoms with Crippen LogP contribution >= 0.6 is 0 Å². The number of hydrogen-bond acceptors (Lipinski definition) is 2. The van der Waals surface area contributed by atoms with Crippen molar-refractivity contribution in [1.82, 2.24) is 0 Å². The normalized spacial score (nSPS) is 13.1. The molecular weight excluding hydrogens is 326 g/mol. The molecule has 0 aromatic carbocycles. The number of hydrogen-bond donors (Lipinski definition) is 2. The number of aliphatic hydroxyl groups excluding tert-OH is 1. The van der Waals surface area contributed by atoms with Gasteiger partial charge in [-0.2, -0.15) is 0 Å². The fraction of sp³-hybridized carbons (Fsp3) is 0.955. The Morgan fingerprint density at radius 2 is 1.31 bits per heavy atom. The number of unbranched alkanes of at least 4 members (excludes halogenated alkanes) is 11. The Bertz CT molecular complexity index is 331. The predicted octanol–water partition coefficient (Wildman–Crippen LogP) is 5.38. The summed E-state index contributed by atoms with van der Waals surface area (Å²) in [4.78, 5) is 10.5. The Morgan fingerprint density at radius 3 is 1.81 bits per heavy atom. The van der Waals surface area contributed by atoms with E-state index < -0.39 is 5.97 Å². The van der Waals surface area contributed by atoms with Crippen molar-refractivity contribution in [3.63, 3.8) is 0 Å². The number of aliphatic hydroxyl groups is 1. The maximum atomic E-state index is 10.5. The topological polar surface area (TPSA) is 57.5 Å². The Kier molecular flexibility index (Phi) is 16.2. The third-order valence-electron chi connectivity index (χ3n) is 5.25. The zero-order valence-corrected chi connectivity index (χ0v) is 17.8. The van der Waals surface area contributed by atoms with Crippen molar-refractivity contribution in [3.8, 4) is 0 Å². The lowest BCUT2D eigenvalue weighted by Crippen LogP contribution is -2.46. The molecule has 0 spiro atoms. The van der Waals surface area contributed by atoms with Crippen LogP contribution in [0.3, 0.4) is 0 Å². The highest BCUT2D eigenvalue weighted by Gasteiger charge is 2.19. The molecule has 0 heterocycles. The number of carbonyl (C=O) groups is 1. The lowest BCUT2D eigenvalue weighted by molar-refractivity contribution is -0.893. The van der Waals surface area contributed by atoms with Crippen molar-refractivity contribution in [2.24, 2.45) is 0 Å². The van der Waals surface area contributed by atoms with E-state index in [1.54, 1.807) is 0 Å². The molecule has 0 fully saturated rings. The van der Waals surface area contributed by atoms with E-state index in [4.69, 9.17) is 5.11 Å². The van der Waals surface area contributed by atoms with Gasteiger partial charge in [0.2, 0.25) is 0 Å². The van der Waals surface area contributed by atoms with E-state index in [1.165, 1.54) is 64.2 Å². The fourth-order valence-electron chi connectivity index (χ4n) is 3.61. The van der Waals surface area contributed by atoms with Gasteiger partial charge in [-0.05, 0) is 19.3 Å². The Morgan fingerprint density at radius 1 is 0.808 bits per heavy atom. The van der Waals surface area contributed by atoms with E-state index in [9.17, 15) is 9.90 Å². The molecule has 0 aromatic rings. The molecule has 0 aliphatic carbocycles. The Balaban J connectivity index is 3.49. The summed E-state index contributed by atoms with van der Waals surface area (Å²) in [7, 11) is 4.26. The summed E-state index contributed by atoms with van der Waals surface area (Å²) in [5.74, 6) is -0.716. The first-order valence-electron chi connectivity index (χ1n) is 11.1. The average Bonchev–Trinajstić information content (AvgIpc) is 2.56. The van der Waals surface area contributed by atoms with Gasteiger partial charge in [0.1, 0.15) is 12.6 Å². The SMILES string of the molecule is CCCCCCCCCCCCCC(O)C[N+](C)(C)CCCCC(=O)O. The molecule has 0 bridgehead atoms. The molecule has 2 N–H and O–H groups in total. The minimum absolute atomic E-state index is 0.233. The summed E-state index contributed by atoms with van der Waals surface area (Å²) >= 11 is 0. The smallest absolute Gasteiger partial charge is 0.303 e. The molecule has 26 heavy (non-hydrogen) atoms. The molecule has 0 amide bonds. The van der Waals surface area contributed by atoms with Crippen LogP contribution in [0.4, 0.5) is 0 Å². The average molecular weight is 373 g/mol. The zero-order valence-electron chi connectivity index (χ0n) is 17.8. The second kappa shape index (κ2) is 16.6. The van der Waals surface area contributed by atoms with E-state index >= 15 is 0 Å². The van der Waals surface area contributed by atoms with Gasteiger partial charge in [-0.1, -0.05) is 77.6 Å². The molecule has 0 aliphatic heterocycles. The van der Waals surface area contributed by atoms with Crippen LogP contribution in [0.2, 0.25) is 0 Å². The quantitative estimate of drug-likeness (QED) is 0.236. The van der Waals surface area contributed by atoms with Crippen LogP contribution in [-0.4, -0.2) is 54.0 Å². The number of rotatable bonds is 19. The largest absolute Gasteiger partial charge is 0.481 e. The first kappa shape index (κ1) is 25.4. The lowest BCUT2D eigenvalue weighted by Gasteiger charge is -2.32. The minimum Gasteiger partial charge on any atom is -0.481 e. The van der Waals surface area contributed by atoms with Crippen LogP contribution in [0.15, 0.2) is 0 Å². The highest BCUT2D eigenvalue weighted by atomic mass is 16.4. The van der Waals surface area contributed by atoms with Crippen LogP contribution in [0.5, 0.6) is 0 Å². The Labute approximate surface area is 162 Å². The van der Waals surface area contributed by atoms with Crippen molar-refractivity contribution in [2.45, 2.75) is 109 Å². The summed E-state index contributed by atoms with van der Waals surface area (Å²) in [5, 5.41) is 18.9. The molecule has 0 saturated carbocycles. The second-order valence-corrected chi connectivity index (χ2v) is 8.67. The van der Waals surface area contributed by atoms with Crippen molar-refractivity contribution in [2.75, 3.05) is 27.2 Å². The van der Waals surface area contributed by atoms with Crippen molar-refractivity contribution < 1.29 is 19.5 Å². The Hall–Kier alpha value is -0.610. The van der Waals surface area contributed by atoms with Crippen LogP contribution < -0.4 is 0 Å². The van der Waals surface area contributed by atoms with Gasteiger partial charge in [0, 0.05) is 6.42 Å². The van der Waals surface area contributed by atoms with Gasteiger partial charge in [0.25, 0.3) is 0 Å². The van der Waals surface area contributed by atoms with Crippen LogP contribution in [0.25, 0.3) is 0 Å². The third kappa shape index (κ3) is 18.2. The molecule has 4 nitrogen and oxygen atoms in total. The van der Waals surface area contributed by atoms with Crippen molar-refractivity contribution in [3.05, 3.63) is 0 Å². The van der Waals surface area contributed by atoms with Crippen LogP contribution in [0, 0.1) is 0 Å². The molecule has 156 valence electrons. The molecule has 0 aliphatic rings. The summed E-state index contributed by atoms with van der Waals surface area (Å²) in [6.07, 6.45) is 17.2. The molecular formula is C22H46NO3+. The van der Waals surface area contributed by atoms with E-state index in [2.05, 4.69) is 21.0 Å².